The summed E-state index contributed by atoms with van der Waals surface area (Å²) in [7, 11) is 0. The van der Waals surface area contributed by atoms with Crippen molar-refractivity contribution in [1.29, 1.82) is 0 Å². The number of nitrogens with zero attached hydrogens (tertiary/aromatic N) is 1. The van der Waals surface area contributed by atoms with Crippen LogP contribution in [0.15, 0.2) is 27.4 Å². The summed E-state index contributed by atoms with van der Waals surface area (Å²) in [6, 6.07) is 4.51. The fourth-order valence-electron chi connectivity index (χ4n) is 3.93. The molecule has 0 spiro atoms. The molecule has 1 atom stereocenters. The zero-order chi connectivity index (χ0) is 22.9. The topological polar surface area (TPSA) is 86.0 Å². The van der Waals surface area contributed by atoms with Crippen molar-refractivity contribution in [2.24, 2.45) is 0 Å². The molecule has 7 heteroatoms. The van der Waals surface area contributed by atoms with Gasteiger partial charge in [-0.25, -0.2) is 14.4 Å². The van der Waals surface area contributed by atoms with Crippen LogP contribution >= 0.6 is 0 Å². The van der Waals surface area contributed by atoms with Gasteiger partial charge in [-0.2, -0.15) is 0 Å². The number of hydrogen-bond donors (Lipinski definition) is 0. The lowest BCUT2D eigenvalue weighted by Gasteiger charge is -2.27. The van der Waals surface area contributed by atoms with E-state index < -0.39 is 29.3 Å². The first kappa shape index (κ1) is 22.8. The first-order chi connectivity index (χ1) is 14.5. The predicted molar refractivity (Wildman–Crippen MR) is 117 cm³/mol. The summed E-state index contributed by atoms with van der Waals surface area (Å²) in [6.45, 7) is 11.9. The Kier molecular flexibility index (Phi) is 6.43. The van der Waals surface area contributed by atoms with Gasteiger partial charge < -0.3 is 13.9 Å². The molecular formula is C24H31NO6. The van der Waals surface area contributed by atoms with Gasteiger partial charge in [-0.05, 0) is 69.7 Å². The molecule has 1 amide bonds. The van der Waals surface area contributed by atoms with Crippen LogP contribution in [0.1, 0.15) is 70.1 Å². The number of hydrogen-bond acceptors (Lipinski definition) is 6. The molecule has 1 saturated heterocycles. The zero-order valence-electron chi connectivity index (χ0n) is 19.1. The molecule has 31 heavy (non-hydrogen) atoms. The van der Waals surface area contributed by atoms with Crippen LogP contribution in [0.25, 0.3) is 11.0 Å². The number of esters is 1. The van der Waals surface area contributed by atoms with Crippen LogP contribution in [-0.2, 0) is 20.9 Å². The lowest BCUT2D eigenvalue weighted by atomic mass is 9.95. The third-order valence-electron chi connectivity index (χ3n) is 5.36. The van der Waals surface area contributed by atoms with Crippen molar-refractivity contribution >= 4 is 23.0 Å². The number of ether oxygens (including phenoxy) is 2. The van der Waals surface area contributed by atoms with Crippen molar-refractivity contribution in [3.05, 3.63) is 45.3 Å². The summed E-state index contributed by atoms with van der Waals surface area (Å²) >= 11 is 0. The van der Waals surface area contributed by atoms with Gasteiger partial charge in [-0.1, -0.05) is 13.8 Å². The molecule has 3 rings (SSSR count). The molecule has 168 valence electrons. The number of fused-ring (bicyclic) bond motifs is 1. The van der Waals surface area contributed by atoms with Crippen LogP contribution in [0.4, 0.5) is 4.79 Å². The minimum Gasteiger partial charge on any atom is -0.459 e. The van der Waals surface area contributed by atoms with E-state index in [1.54, 1.807) is 20.8 Å². The van der Waals surface area contributed by atoms with E-state index in [0.717, 1.165) is 16.5 Å². The molecule has 0 radical (unpaired) electrons. The zero-order valence-corrected chi connectivity index (χ0v) is 19.1. The van der Waals surface area contributed by atoms with Gasteiger partial charge in [0.05, 0.1) is 0 Å². The number of benzene rings is 1. The van der Waals surface area contributed by atoms with Crippen molar-refractivity contribution in [1.82, 2.24) is 4.90 Å². The SMILES string of the molecule is Cc1cc2oc(=O)cc(COC(=O)[C@@H]3CCCN3C(=O)OC(C)(C)C)c2cc1C(C)C. The van der Waals surface area contributed by atoms with E-state index in [1.807, 2.05) is 19.1 Å². The fraction of sp³-hybridized carbons (Fsp3) is 0.542. The molecular weight excluding hydrogens is 398 g/mol. The van der Waals surface area contributed by atoms with E-state index >= 15 is 0 Å². The number of rotatable bonds is 4. The third kappa shape index (κ3) is 5.27. The van der Waals surface area contributed by atoms with Gasteiger partial charge in [0.15, 0.2) is 0 Å². The Hall–Kier alpha value is -2.83. The number of amides is 1. The largest absolute Gasteiger partial charge is 0.459 e. The quantitative estimate of drug-likeness (QED) is 0.519. The van der Waals surface area contributed by atoms with E-state index in [0.29, 0.717) is 36.5 Å². The summed E-state index contributed by atoms with van der Waals surface area (Å²) < 4.78 is 16.3. The minimum absolute atomic E-state index is 0.0693. The highest BCUT2D eigenvalue weighted by molar-refractivity contribution is 5.84. The maximum atomic E-state index is 12.8. The molecule has 1 fully saturated rings. The van der Waals surface area contributed by atoms with Gasteiger partial charge in [-0.15, -0.1) is 0 Å². The van der Waals surface area contributed by atoms with Crippen molar-refractivity contribution in [3.63, 3.8) is 0 Å². The lowest BCUT2D eigenvalue weighted by molar-refractivity contribution is -0.150. The van der Waals surface area contributed by atoms with Crippen LogP contribution in [-0.4, -0.2) is 35.2 Å². The molecule has 1 aromatic heterocycles. The van der Waals surface area contributed by atoms with E-state index in [4.69, 9.17) is 13.9 Å². The Morgan fingerprint density at radius 2 is 1.94 bits per heavy atom. The number of likely N-dealkylation sites (tertiary alicyclic amines) is 1. The molecule has 0 aliphatic carbocycles. The van der Waals surface area contributed by atoms with Crippen LogP contribution in [0, 0.1) is 6.92 Å². The second-order valence-electron chi connectivity index (χ2n) is 9.39. The van der Waals surface area contributed by atoms with Gasteiger partial charge in [0.25, 0.3) is 0 Å². The van der Waals surface area contributed by atoms with Gasteiger partial charge in [0, 0.05) is 23.6 Å². The Balaban J connectivity index is 1.80. The minimum atomic E-state index is -0.685. The number of carbonyl (C=O) groups is 2. The summed E-state index contributed by atoms with van der Waals surface area (Å²) in [6.07, 6.45) is 0.704. The highest BCUT2D eigenvalue weighted by Gasteiger charge is 2.37. The Morgan fingerprint density at radius 1 is 1.23 bits per heavy atom. The fourth-order valence-corrected chi connectivity index (χ4v) is 3.93. The lowest BCUT2D eigenvalue weighted by Crippen LogP contribution is -2.44. The number of aryl methyl sites for hydroxylation is 1. The van der Waals surface area contributed by atoms with Crippen molar-refractivity contribution in [2.45, 2.75) is 78.6 Å². The van der Waals surface area contributed by atoms with E-state index in [2.05, 4.69) is 13.8 Å². The first-order valence-corrected chi connectivity index (χ1v) is 10.7. The Labute approximate surface area is 182 Å². The Bertz CT molecular complexity index is 1050. The smallest absolute Gasteiger partial charge is 0.411 e. The van der Waals surface area contributed by atoms with Gasteiger partial charge >= 0.3 is 17.7 Å². The van der Waals surface area contributed by atoms with Crippen LogP contribution in [0.3, 0.4) is 0 Å². The van der Waals surface area contributed by atoms with E-state index in [1.165, 1.54) is 11.0 Å². The second kappa shape index (κ2) is 8.73. The molecule has 1 aliphatic rings. The standard InChI is InChI=1S/C24H31NO6/c1-14(2)17-12-18-16(11-21(26)30-20(18)10-15(17)3)13-29-22(27)19-8-7-9-25(19)23(28)31-24(4,5)6/h10-12,14,19H,7-9,13H2,1-6H3/t19-/m0/s1. The summed E-state index contributed by atoms with van der Waals surface area (Å²) in [4.78, 5) is 38.7. The molecule has 7 nitrogen and oxygen atoms in total. The summed E-state index contributed by atoms with van der Waals surface area (Å²) in [5.74, 6) is -0.200. The molecule has 0 bridgehead atoms. The third-order valence-corrected chi connectivity index (χ3v) is 5.36. The average Bonchev–Trinajstić information content (AvgIpc) is 3.13. The molecule has 0 N–H and O–H groups in total. The summed E-state index contributed by atoms with van der Waals surface area (Å²) in [5.41, 5.74) is 2.10. The molecule has 0 unspecified atom stereocenters. The normalized spacial score (nSPS) is 16.7. The average molecular weight is 430 g/mol. The maximum absolute atomic E-state index is 12.8. The first-order valence-electron chi connectivity index (χ1n) is 10.7. The molecule has 1 aliphatic heterocycles. The van der Waals surface area contributed by atoms with E-state index in [9.17, 15) is 14.4 Å². The van der Waals surface area contributed by atoms with Gasteiger partial charge in [0.2, 0.25) is 0 Å². The van der Waals surface area contributed by atoms with Crippen LogP contribution in [0.5, 0.6) is 0 Å². The second-order valence-corrected chi connectivity index (χ2v) is 9.39. The van der Waals surface area contributed by atoms with Crippen molar-refractivity contribution in [3.8, 4) is 0 Å². The molecule has 2 aromatic rings. The predicted octanol–water partition coefficient (Wildman–Crippen LogP) is 4.67. The Morgan fingerprint density at radius 3 is 2.58 bits per heavy atom. The molecule has 1 aromatic carbocycles. The highest BCUT2D eigenvalue weighted by atomic mass is 16.6. The number of carbonyl (C=O) groups excluding carboxylic acids is 2. The van der Waals surface area contributed by atoms with Gasteiger partial charge in [-0.3, -0.25) is 4.90 Å². The van der Waals surface area contributed by atoms with Gasteiger partial charge in [0.1, 0.15) is 23.8 Å². The van der Waals surface area contributed by atoms with Crippen molar-refractivity contribution < 1.29 is 23.5 Å². The maximum Gasteiger partial charge on any atom is 0.411 e. The van der Waals surface area contributed by atoms with Crippen LogP contribution in [0.2, 0.25) is 0 Å². The molecule has 2 heterocycles. The van der Waals surface area contributed by atoms with E-state index in [-0.39, 0.29) is 6.61 Å². The molecule has 0 saturated carbocycles. The van der Waals surface area contributed by atoms with Crippen molar-refractivity contribution in [2.75, 3.05) is 6.54 Å². The van der Waals surface area contributed by atoms with Crippen LogP contribution < -0.4 is 5.63 Å². The summed E-state index contributed by atoms with van der Waals surface area (Å²) in [5, 5.41) is 0.747. The monoisotopic (exact) mass is 429 g/mol. The highest BCUT2D eigenvalue weighted by Crippen LogP contribution is 2.28.